The molecule has 0 amide bonds. The lowest BCUT2D eigenvalue weighted by atomic mass is 9.73. The molecule has 2 heterocycles. The van der Waals surface area contributed by atoms with Gasteiger partial charge in [0.1, 0.15) is 0 Å². The molecule has 1 aromatic heterocycles. The molecule has 2 aromatic rings. The van der Waals surface area contributed by atoms with Crippen molar-refractivity contribution in [3.05, 3.63) is 64.6 Å². The van der Waals surface area contributed by atoms with Crippen molar-refractivity contribution in [3.63, 3.8) is 0 Å². The largest absolute Gasteiger partial charge is 0.372 e. The lowest BCUT2D eigenvalue weighted by Crippen LogP contribution is -2.31. The summed E-state index contributed by atoms with van der Waals surface area (Å²) in [5, 5.41) is 7.23. The van der Waals surface area contributed by atoms with E-state index in [0.29, 0.717) is 6.42 Å². The van der Waals surface area contributed by atoms with Crippen LogP contribution in [0.1, 0.15) is 49.4 Å². The van der Waals surface area contributed by atoms with Crippen molar-refractivity contribution >= 4 is 17.2 Å². The number of nitrogens with one attached hydrogen (secondary N) is 2. The number of hydrogen-bond acceptors (Lipinski definition) is 4. The fourth-order valence-corrected chi connectivity index (χ4v) is 4.02. The van der Waals surface area contributed by atoms with Crippen molar-refractivity contribution in [2.75, 3.05) is 10.6 Å². The van der Waals surface area contributed by atoms with E-state index in [0.717, 1.165) is 34.6 Å². The van der Waals surface area contributed by atoms with Crippen LogP contribution in [0.2, 0.25) is 0 Å². The monoisotopic (exact) mass is 347 g/mol. The van der Waals surface area contributed by atoms with E-state index in [9.17, 15) is 4.79 Å². The number of nitrogens with zero attached hydrogens (tertiary/aromatic N) is 1. The predicted molar refractivity (Wildman–Crippen MR) is 105 cm³/mol. The summed E-state index contributed by atoms with van der Waals surface area (Å²) in [6.45, 7) is 8.56. The molecule has 1 aliphatic heterocycles. The first-order chi connectivity index (χ1) is 12.3. The fraction of sp³-hybridized carbons (Fsp3) is 0.364. The normalized spacial score (nSPS) is 21.2. The van der Waals surface area contributed by atoms with Crippen LogP contribution in [0, 0.1) is 19.3 Å². The molecule has 2 N–H and O–H groups in total. The number of anilines is 2. The van der Waals surface area contributed by atoms with Crippen LogP contribution in [0.3, 0.4) is 0 Å². The molecule has 1 unspecified atom stereocenters. The molecule has 1 aliphatic carbocycles. The fourth-order valence-electron chi connectivity index (χ4n) is 4.02. The highest BCUT2D eigenvalue weighted by Crippen LogP contribution is 2.45. The van der Waals surface area contributed by atoms with Gasteiger partial charge in [-0.2, -0.15) is 0 Å². The molecule has 4 rings (SSSR count). The minimum atomic E-state index is -0.160. The third kappa shape index (κ3) is 2.90. The number of hydrogen-bond donors (Lipinski definition) is 2. The van der Waals surface area contributed by atoms with Gasteiger partial charge in [0.15, 0.2) is 5.78 Å². The molecule has 4 nitrogen and oxygen atoms in total. The zero-order valence-corrected chi connectivity index (χ0v) is 15.8. The molecule has 0 bridgehead atoms. The van der Waals surface area contributed by atoms with E-state index in [1.165, 1.54) is 11.1 Å². The molecule has 0 saturated heterocycles. The zero-order chi connectivity index (χ0) is 18.5. The summed E-state index contributed by atoms with van der Waals surface area (Å²) in [6.07, 6.45) is 5.01. The first-order valence-corrected chi connectivity index (χ1v) is 9.15. The van der Waals surface area contributed by atoms with Crippen molar-refractivity contribution in [1.29, 1.82) is 0 Å². The molecule has 0 radical (unpaired) electrons. The Morgan fingerprint density at radius 1 is 1.04 bits per heavy atom. The summed E-state index contributed by atoms with van der Waals surface area (Å²) in [7, 11) is 0. The molecule has 26 heavy (non-hydrogen) atoms. The summed E-state index contributed by atoms with van der Waals surface area (Å²) in [6, 6.07) is 8.15. The Kier molecular flexibility index (Phi) is 3.87. The number of pyridine rings is 1. The number of allylic oxidation sites excluding steroid dienone is 1. The Bertz CT molecular complexity index is 912. The maximum atomic E-state index is 13.1. The lowest BCUT2D eigenvalue weighted by molar-refractivity contribution is -0.118. The van der Waals surface area contributed by atoms with Gasteiger partial charge in [-0.25, -0.2) is 0 Å². The van der Waals surface area contributed by atoms with Crippen LogP contribution in [0.15, 0.2) is 47.9 Å². The van der Waals surface area contributed by atoms with Crippen molar-refractivity contribution in [2.45, 2.75) is 46.6 Å². The number of fused-ring (bicyclic) bond motifs is 1. The summed E-state index contributed by atoms with van der Waals surface area (Å²) in [4.78, 5) is 17.2. The molecule has 134 valence electrons. The van der Waals surface area contributed by atoms with E-state index in [2.05, 4.69) is 55.4 Å². The van der Waals surface area contributed by atoms with Gasteiger partial charge in [0.2, 0.25) is 0 Å². The van der Waals surface area contributed by atoms with Gasteiger partial charge in [-0.3, -0.25) is 9.78 Å². The third-order valence-electron chi connectivity index (χ3n) is 5.47. The van der Waals surface area contributed by atoms with Gasteiger partial charge < -0.3 is 10.6 Å². The standard InChI is InChI=1S/C22H25N3O/c1-13-9-16-17(10-14(13)2)25-21(15-5-7-23-8-6-15)20-18(24-16)11-22(3,4)12-19(20)26/h5-10,21,24-25H,11-12H2,1-4H3. The number of benzene rings is 1. The van der Waals surface area contributed by atoms with Gasteiger partial charge in [-0.05, 0) is 66.6 Å². The maximum absolute atomic E-state index is 13.1. The maximum Gasteiger partial charge on any atom is 0.163 e. The Morgan fingerprint density at radius 2 is 1.69 bits per heavy atom. The number of rotatable bonds is 1. The van der Waals surface area contributed by atoms with Crippen molar-refractivity contribution < 1.29 is 4.79 Å². The highest BCUT2D eigenvalue weighted by atomic mass is 16.1. The first-order valence-electron chi connectivity index (χ1n) is 9.15. The van der Waals surface area contributed by atoms with Crippen molar-refractivity contribution in [2.24, 2.45) is 5.41 Å². The molecule has 4 heteroatoms. The molecule has 0 spiro atoms. The number of aryl methyl sites for hydroxylation is 2. The molecule has 1 atom stereocenters. The number of Topliss-reactive ketones (excluding diaryl/α,β-unsaturated/α-hetero) is 1. The Hall–Kier alpha value is -2.62. The second kappa shape index (κ2) is 5.97. The highest BCUT2D eigenvalue weighted by molar-refractivity contribution is 6.01. The number of carbonyl (C=O) groups is 1. The quantitative estimate of drug-likeness (QED) is 0.769. The van der Waals surface area contributed by atoms with E-state index in [-0.39, 0.29) is 17.2 Å². The highest BCUT2D eigenvalue weighted by Gasteiger charge is 2.38. The number of carbonyl (C=O) groups excluding carboxylic acids is 1. The zero-order valence-electron chi connectivity index (χ0n) is 15.8. The molecular weight excluding hydrogens is 322 g/mol. The van der Waals surface area contributed by atoms with Gasteiger partial charge in [-0.1, -0.05) is 13.8 Å². The average Bonchev–Trinajstić information content (AvgIpc) is 2.72. The smallest absolute Gasteiger partial charge is 0.163 e. The molecular formula is C22H25N3O. The van der Waals surface area contributed by atoms with Crippen LogP contribution in [0.4, 0.5) is 11.4 Å². The minimum absolute atomic E-state index is 0.0318. The Balaban J connectivity index is 1.91. The van der Waals surface area contributed by atoms with E-state index < -0.39 is 0 Å². The van der Waals surface area contributed by atoms with Crippen LogP contribution in [0.25, 0.3) is 0 Å². The van der Waals surface area contributed by atoms with E-state index >= 15 is 0 Å². The SMILES string of the molecule is Cc1cc2c(cc1C)NC(c1ccncc1)C1=C(CC(C)(C)CC1=O)N2. The summed E-state index contributed by atoms with van der Waals surface area (Å²) >= 11 is 0. The number of aromatic nitrogens is 1. The van der Waals surface area contributed by atoms with Gasteiger partial charge in [-0.15, -0.1) is 0 Å². The summed E-state index contributed by atoms with van der Waals surface area (Å²) in [5.41, 5.74) is 7.49. The van der Waals surface area contributed by atoms with Crippen molar-refractivity contribution in [3.8, 4) is 0 Å². The molecule has 2 aliphatic rings. The third-order valence-corrected chi connectivity index (χ3v) is 5.47. The van der Waals surface area contributed by atoms with Crippen LogP contribution < -0.4 is 10.6 Å². The van der Waals surface area contributed by atoms with Crippen LogP contribution in [-0.2, 0) is 4.79 Å². The topological polar surface area (TPSA) is 54.0 Å². The van der Waals surface area contributed by atoms with Gasteiger partial charge in [0.05, 0.1) is 17.4 Å². The van der Waals surface area contributed by atoms with E-state index in [1.807, 2.05) is 12.1 Å². The average molecular weight is 347 g/mol. The Labute approximate surface area is 154 Å². The molecule has 1 aromatic carbocycles. The summed E-state index contributed by atoms with van der Waals surface area (Å²) < 4.78 is 0. The van der Waals surface area contributed by atoms with Gasteiger partial charge in [0.25, 0.3) is 0 Å². The van der Waals surface area contributed by atoms with Crippen molar-refractivity contribution in [1.82, 2.24) is 4.98 Å². The second-order valence-electron chi connectivity index (χ2n) is 8.30. The van der Waals surface area contributed by atoms with Crippen LogP contribution >= 0.6 is 0 Å². The van der Waals surface area contributed by atoms with E-state index in [4.69, 9.17) is 0 Å². The number of ketones is 1. The summed E-state index contributed by atoms with van der Waals surface area (Å²) in [5.74, 6) is 0.222. The second-order valence-corrected chi connectivity index (χ2v) is 8.30. The van der Waals surface area contributed by atoms with Crippen LogP contribution in [0.5, 0.6) is 0 Å². The first kappa shape index (κ1) is 16.8. The van der Waals surface area contributed by atoms with E-state index in [1.54, 1.807) is 12.4 Å². The molecule has 0 fully saturated rings. The predicted octanol–water partition coefficient (Wildman–Crippen LogP) is 4.92. The minimum Gasteiger partial charge on any atom is -0.372 e. The Morgan fingerprint density at radius 3 is 2.38 bits per heavy atom. The molecule has 0 saturated carbocycles. The van der Waals surface area contributed by atoms with Gasteiger partial charge in [0, 0.05) is 30.1 Å². The lowest BCUT2D eigenvalue weighted by Gasteiger charge is -2.34. The van der Waals surface area contributed by atoms with Gasteiger partial charge >= 0.3 is 0 Å². The van der Waals surface area contributed by atoms with Crippen LogP contribution in [-0.4, -0.2) is 10.8 Å².